The largest absolute Gasteiger partial charge is 0.378 e. The van der Waals surface area contributed by atoms with Gasteiger partial charge in [0.15, 0.2) is 6.10 Å². The topological polar surface area (TPSA) is 66.6 Å². The van der Waals surface area contributed by atoms with Gasteiger partial charge in [0, 0.05) is 29.2 Å². The molecule has 0 spiro atoms. The molecular weight excluding hydrogens is 302 g/mol. The van der Waals surface area contributed by atoms with Crippen molar-refractivity contribution in [3.8, 4) is 0 Å². The van der Waals surface area contributed by atoms with Crippen LogP contribution in [0.4, 0.5) is 0 Å². The molecule has 0 aliphatic carbocycles. The average Bonchev–Trinajstić information content (AvgIpc) is 3.00. The van der Waals surface area contributed by atoms with Gasteiger partial charge in [-0.1, -0.05) is 48.5 Å². The lowest BCUT2D eigenvalue weighted by atomic mass is 10.1. The van der Waals surface area contributed by atoms with E-state index in [1.807, 2.05) is 36.5 Å². The lowest BCUT2D eigenvalue weighted by Crippen LogP contribution is -2.25. The Labute approximate surface area is 140 Å². The Kier molecular flexibility index (Phi) is 4.72. The second-order valence-corrected chi connectivity index (χ2v) is 5.44. The normalized spacial score (nSPS) is 12.6. The summed E-state index contributed by atoms with van der Waals surface area (Å²) < 4.78 is 2.12. The van der Waals surface area contributed by atoms with Gasteiger partial charge < -0.3 is 9.67 Å². The number of hydrogen-bond acceptors (Lipinski definition) is 3. The molecule has 0 radical (unpaired) electrons. The zero-order valence-corrected chi connectivity index (χ0v) is 13.4. The predicted octanol–water partition coefficient (Wildman–Crippen LogP) is 2.84. The molecule has 5 heteroatoms. The molecule has 0 aliphatic heterocycles. The molecule has 24 heavy (non-hydrogen) atoms. The van der Waals surface area contributed by atoms with E-state index in [1.54, 1.807) is 30.5 Å². The Balaban J connectivity index is 1.74. The van der Waals surface area contributed by atoms with Crippen molar-refractivity contribution < 1.29 is 9.90 Å². The van der Waals surface area contributed by atoms with Crippen LogP contribution in [0.5, 0.6) is 0 Å². The van der Waals surface area contributed by atoms with Crippen LogP contribution in [0.1, 0.15) is 24.2 Å². The van der Waals surface area contributed by atoms with E-state index in [0.29, 0.717) is 5.56 Å². The first-order valence-corrected chi connectivity index (χ1v) is 7.84. The fourth-order valence-electron chi connectivity index (χ4n) is 2.65. The minimum atomic E-state index is -1.24. The molecule has 2 N–H and O–H groups in total. The summed E-state index contributed by atoms with van der Waals surface area (Å²) in [6.45, 7) is 2.93. The number of aliphatic hydroxyl groups is 1. The van der Waals surface area contributed by atoms with Crippen LogP contribution in [0, 0.1) is 0 Å². The SMILES string of the molecule is CCn1cc(/C=N\NC(=O)[C@H](O)c2ccccc2)c2ccccc21. The second-order valence-electron chi connectivity index (χ2n) is 5.44. The Morgan fingerprint density at radius 3 is 2.67 bits per heavy atom. The summed E-state index contributed by atoms with van der Waals surface area (Å²) in [6.07, 6.45) is 2.36. The third-order valence-corrected chi connectivity index (χ3v) is 3.90. The average molecular weight is 321 g/mol. The molecule has 0 saturated carbocycles. The number of hydrazone groups is 1. The van der Waals surface area contributed by atoms with E-state index in [9.17, 15) is 9.90 Å². The van der Waals surface area contributed by atoms with Crippen LogP contribution in [-0.4, -0.2) is 21.8 Å². The summed E-state index contributed by atoms with van der Waals surface area (Å²) in [5, 5.41) is 15.1. The van der Waals surface area contributed by atoms with Crippen LogP contribution in [0.2, 0.25) is 0 Å². The van der Waals surface area contributed by atoms with Crippen molar-refractivity contribution in [1.82, 2.24) is 9.99 Å². The lowest BCUT2D eigenvalue weighted by molar-refractivity contribution is -0.129. The van der Waals surface area contributed by atoms with E-state index in [4.69, 9.17) is 0 Å². The zero-order chi connectivity index (χ0) is 16.9. The van der Waals surface area contributed by atoms with Crippen molar-refractivity contribution in [3.63, 3.8) is 0 Å². The number of aryl methyl sites for hydroxylation is 1. The number of amides is 1. The third kappa shape index (κ3) is 3.21. The predicted molar refractivity (Wildman–Crippen MR) is 94.8 cm³/mol. The summed E-state index contributed by atoms with van der Waals surface area (Å²) in [4.78, 5) is 12.0. The zero-order valence-electron chi connectivity index (χ0n) is 13.4. The molecule has 122 valence electrons. The Morgan fingerprint density at radius 1 is 1.21 bits per heavy atom. The number of aromatic nitrogens is 1. The van der Waals surface area contributed by atoms with Gasteiger partial charge in [0.05, 0.1) is 6.21 Å². The maximum atomic E-state index is 12.0. The van der Waals surface area contributed by atoms with Crippen LogP contribution in [0.3, 0.4) is 0 Å². The first-order chi connectivity index (χ1) is 11.7. The molecule has 0 fully saturated rings. The molecule has 0 bridgehead atoms. The molecule has 1 atom stereocenters. The molecule has 1 amide bonds. The molecule has 1 heterocycles. The van der Waals surface area contributed by atoms with E-state index in [0.717, 1.165) is 23.0 Å². The van der Waals surface area contributed by atoms with E-state index >= 15 is 0 Å². The third-order valence-electron chi connectivity index (χ3n) is 3.90. The fraction of sp³-hybridized carbons (Fsp3) is 0.158. The Bertz CT molecular complexity index is 869. The van der Waals surface area contributed by atoms with Crippen molar-refractivity contribution in [3.05, 3.63) is 71.9 Å². The number of hydrogen-bond donors (Lipinski definition) is 2. The van der Waals surface area contributed by atoms with Crippen molar-refractivity contribution in [1.29, 1.82) is 0 Å². The van der Waals surface area contributed by atoms with Crippen LogP contribution in [-0.2, 0) is 11.3 Å². The number of nitrogens with zero attached hydrogens (tertiary/aromatic N) is 2. The first-order valence-electron chi connectivity index (χ1n) is 7.84. The molecule has 3 rings (SSSR count). The number of rotatable bonds is 5. The molecule has 0 saturated heterocycles. The van der Waals surface area contributed by atoms with Gasteiger partial charge in [0.2, 0.25) is 0 Å². The maximum Gasteiger partial charge on any atom is 0.273 e. The summed E-state index contributed by atoms with van der Waals surface area (Å²) in [6, 6.07) is 16.8. The number of benzene rings is 2. The molecule has 2 aromatic carbocycles. The van der Waals surface area contributed by atoms with Gasteiger partial charge in [-0.3, -0.25) is 4.79 Å². The van der Waals surface area contributed by atoms with Gasteiger partial charge >= 0.3 is 0 Å². The smallest absolute Gasteiger partial charge is 0.273 e. The maximum absolute atomic E-state index is 12.0. The molecule has 1 aromatic heterocycles. The van der Waals surface area contributed by atoms with Crippen molar-refractivity contribution in [2.75, 3.05) is 0 Å². The van der Waals surface area contributed by atoms with Crippen LogP contribution in [0.25, 0.3) is 10.9 Å². The highest BCUT2D eigenvalue weighted by molar-refractivity contribution is 5.99. The minimum Gasteiger partial charge on any atom is -0.378 e. The van der Waals surface area contributed by atoms with Gasteiger partial charge in [0.25, 0.3) is 5.91 Å². The van der Waals surface area contributed by atoms with Gasteiger partial charge in [-0.05, 0) is 18.6 Å². The number of nitrogens with one attached hydrogen (secondary N) is 1. The molecular formula is C19H19N3O2. The van der Waals surface area contributed by atoms with Crippen LogP contribution in [0.15, 0.2) is 65.9 Å². The van der Waals surface area contributed by atoms with E-state index in [-0.39, 0.29) is 0 Å². The highest BCUT2D eigenvalue weighted by Gasteiger charge is 2.16. The first kappa shape index (κ1) is 16.0. The Hall–Kier alpha value is -2.92. The number of aliphatic hydroxyl groups excluding tert-OH is 1. The highest BCUT2D eigenvalue weighted by atomic mass is 16.3. The van der Waals surface area contributed by atoms with E-state index in [2.05, 4.69) is 22.0 Å². The van der Waals surface area contributed by atoms with E-state index in [1.165, 1.54) is 0 Å². The second kappa shape index (κ2) is 7.10. The van der Waals surface area contributed by atoms with Gasteiger partial charge in [-0.15, -0.1) is 0 Å². The van der Waals surface area contributed by atoms with Gasteiger partial charge in [-0.25, -0.2) is 5.43 Å². The lowest BCUT2D eigenvalue weighted by Gasteiger charge is -2.08. The van der Waals surface area contributed by atoms with Crippen molar-refractivity contribution >= 4 is 23.0 Å². The van der Waals surface area contributed by atoms with Gasteiger partial charge in [-0.2, -0.15) is 5.10 Å². The highest BCUT2D eigenvalue weighted by Crippen LogP contribution is 2.19. The van der Waals surface area contributed by atoms with Crippen LogP contribution < -0.4 is 5.43 Å². The van der Waals surface area contributed by atoms with Crippen molar-refractivity contribution in [2.24, 2.45) is 5.10 Å². The number of carbonyl (C=O) groups excluding carboxylic acids is 1. The Morgan fingerprint density at radius 2 is 1.92 bits per heavy atom. The summed E-state index contributed by atoms with van der Waals surface area (Å²) >= 11 is 0. The molecule has 3 aromatic rings. The number of fused-ring (bicyclic) bond motifs is 1. The molecule has 5 nitrogen and oxygen atoms in total. The quantitative estimate of drug-likeness (QED) is 0.560. The van der Waals surface area contributed by atoms with Crippen molar-refractivity contribution in [2.45, 2.75) is 19.6 Å². The number of carbonyl (C=O) groups is 1. The van der Waals surface area contributed by atoms with Gasteiger partial charge in [0.1, 0.15) is 0 Å². The summed E-state index contributed by atoms with van der Waals surface area (Å²) in [7, 11) is 0. The number of para-hydroxylation sites is 1. The standard InChI is InChI=1S/C19H19N3O2/c1-2-22-13-15(16-10-6-7-11-17(16)22)12-20-21-19(24)18(23)14-8-4-3-5-9-14/h3-13,18,23H,2H2,1H3,(H,21,24)/b20-12-/t18-/m1/s1. The minimum absolute atomic E-state index is 0.535. The fourth-order valence-corrected chi connectivity index (χ4v) is 2.65. The summed E-state index contributed by atoms with van der Waals surface area (Å²) in [5.41, 5.74) is 4.97. The monoisotopic (exact) mass is 321 g/mol. The van der Waals surface area contributed by atoms with E-state index < -0.39 is 12.0 Å². The molecule has 0 aliphatic rings. The molecule has 0 unspecified atom stereocenters. The summed E-state index contributed by atoms with van der Waals surface area (Å²) in [5.74, 6) is -0.559. The van der Waals surface area contributed by atoms with Crippen LogP contribution >= 0.6 is 0 Å².